The first kappa shape index (κ1) is 19.5. The molecular weight excluding hydrogens is 318 g/mol. The van der Waals surface area contributed by atoms with Gasteiger partial charge in [0.25, 0.3) is 0 Å². The molecule has 1 aliphatic rings. The second-order valence-corrected chi connectivity index (χ2v) is 6.84. The maximum Gasteiger partial charge on any atom is 0.319 e. The highest BCUT2D eigenvalue weighted by Gasteiger charge is 2.26. The Labute approximate surface area is 150 Å². The summed E-state index contributed by atoms with van der Waals surface area (Å²) in [6.07, 6.45) is 1.69. The minimum absolute atomic E-state index is 0.112. The first-order valence-corrected chi connectivity index (χ1v) is 9.05. The first-order valence-electron chi connectivity index (χ1n) is 9.05. The average molecular weight is 349 g/mol. The lowest BCUT2D eigenvalue weighted by Gasteiger charge is -2.38. The van der Waals surface area contributed by atoms with Gasteiger partial charge in [-0.25, -0.2) is 9.78 Å². The number of morpholine rings is 1. The van der Waals surface area contributed by atoms with Crippen molar-refractivity contribution in [1.29, 1.82) is 0 Å². The topological polar surface area (TPSA) is 69.7 Å². The summed E-state index contributed by atoms with van der Waals surface area (Å²) in [5, 5.41) is 5.72. The van der Waals surface area contributed by atoms with Gasteiger partial charge in [0, 0.05) is 39.3 Å². The van der Waals surface area contributed by atoms with Crippen molar-refractivity contribution < 1.29 is 9.53 Å². The molecule has 7 heteroatoms. The molecule has 0 atom stereocenters. The maximum absolute atomic E-state index is 12.0. The molecule has 0 saturated carbocycles. The van der Waals surface area contributed by atoms with Crippen molar-refractivity contribution in [2.45, 2.75) is 33.3 Å². The Balaban J connectivity index is 1.73. The van der Waals surface area contributed by atoms with Crippen molar-refractivity contribution in [3.63, 3.8) is 0 Å². The standard InChI is InChI=1S/C18H31N5O2/c1-5-23(6-2)16-8-7-15(13-20-16)21-17(24)19-9-10-22-11-12-25-18(3,4)14-22/h7-8,13H,5-6,9-12,14H2,1-4H3,(H2,19,21,24). The van der Waals surface area contributed by atoms with Gasteiger partial charge in [-0.15, -0.1) is 0 Å². The molecule has 0 bridgehead atoms. The predicted molar refractivity (Wildman–Crippen MR) is 101 cm³/mol. The molecule has 0 aliphatic carbocycles. The van der Waals surface area contributed by atoms with Gasteiger partial charge in [0.1, 0.15) is 5.82 Å². The Hall–Kier alpha value is -1.86. The van der Waals surface area contributed by atoms with E-state index < -0.39 is 0 Å². The largest absolute Gasteiger partial charge is 0.373 e. The number of carbonyl (C=O) groups excluding carboxylic acids is 1. The zero-order chi connectivity index (χ0) is 18.3. The van der Waals surface area contributed by atoms with Crippen molar-refractivity contribution in [3.8, 4) is 0 Å². The van der Waals surface area contributed by atoms with Crippen LogP contribution in [0, 0.1) is 0 Å². The lowest BCUT2D eigenvalue weighted by Crippen LogP contribution is -2.50. The van der Waals surface area contributed by atoms with Crippen LogP contribution in [0.3, 0.4) is 0 Å². The van der Waals surface area contributed by atoms with Crippen LogP contribution in [0.25, 0.3) is 0 Å². The second-order valence-electron chi connectivity index (χ2n) is 6.84. The van der Waals surface area contributed by atoms with Crippen molar-refractivity contribution in [2.24, 2.45) is 0 Å². The van der Waals surface area contributed by atoms with E-state index in [1.807, 2.05) is 12.1 Å². The summed E-state index contributed by atoms with van der Waals surface area (Å²) >= 11 is 0. The van der Waals surface area contributed by atoms with Crippen molar-refractivity contribution in [2.75, 3.05) is 56.1 Å². The highest BCUT2D eigenvalue weighted by atomic mass is 16.5. The Morgan fingerprint density at radius 1 is 1.36 bits per heavy atom. The fraction of sp³-hybridized carbons (Fsp3) is 0.667. The third kappa shape index (κ3) is 6.17. The number of hydrogen-bond donors (Lipinski definition) is 2. The third-order valence-electron chi connectivity index (χ3n) is 4.31. The number of ether oxygens (including phenoxy) is 1. The Kier molecular flexibility index (Phi) is 7.01. The number of nitrogens with zero attached hydrogens (tertiary/aromatic N) is 3. The van der Waals surface area contributed by atoms with Gasteiger partial charge in [-0.1, -0.05) is 0 Å². The number of urea groups is 1. The van der Waals surface area contributed by atoms with E-state index in [9.17, 15) is 4.79 Å². The number of carbonyl (C=O) groups is 1. The molecular formula is C18H31N5O2. The first-order chi connectivity index (χ1) is 11.9. The van der Waals surface area contributed by atoms with Crippen LogP contribution >= 0.6 is 0 Å². The number of anilines is 2. The molecule has 2 N–H and O–H groups in total. The molecule has 0 radical (unpaired) electrons. The summed E-state index contributed by atoms with van der Waals surface area (Å²) in [5.41, 5.74) is 0.583. The molecule has 1 aromatic rings. The molecule has 25 heavy (non-hydrogen) atoms. The SMILES string of the molecule is CCN(CC)c1ccc(NC(=O)NCCN2CCOC(C)(C)C2)cn1. The van der Waals surface area contributed by atoms with Crippen molar-refractivity contribution >= 4 is 17.5 Å². The van der Waals surface area contributed by atoms with Gasteiger partial charge in [0.15, 0.2) is 0 Å². The smallest absolute Gasteiger partial charge is 0.319 e. The fourth-order valence-electron chi connectivity index (χ4n) is 3.00. The Morgan fingerprint density at radius 3 is 2.72 bits per heavy atom. The maximum atomic E-state index is 12.0. The van der Waals surface area contributed by atoms with Crippen molar-refractivity contribution in [3.05, 3.63) is 18.3 Å². The average Bonchev–Trinajstić information content (AvgIpc) is 2.56. The highest BCUT2D eigenvalue weighted by molar-refractivity contribution is 5.89. The summed E-state index contributed by atoms with van der Waals surface area (Å²) < 4.78 is 5.69. The highest BCUT2D eigenvalue weighted by Crippen LogP contribution is 2.16. The van der Waals surface area contributed by atoms with E-state index in [0.717, 1.165) is 45.1 Å². The fourth-order valence-corrected chi connectivity index (χ4v) is 3.00. The number of pyridine rings is 1. The van der Waals surface area contributed by atoms with Crippen LogP contribution in [0.1, 0.15) is 27.7 Å². The van der Waals surface area contributed by atoms with Crippen LogP contribution in [0.2, 0.25) is 0 Å². The van der Waals surface area contributed by atoms with Gasteiger partial charge in [-0.3, -0.25) is 4.90 Å². The number of aromatic nitrogens is 1. The van der Waals surface area contributed by atoms with Crippen LogP contribution in [0.15, 0.2) is 18.3 Å². The van der Waals surface area contributed by atoms with Crippen LogP contribution < -0.4 is 15.5 Å². The number of nitrogens with one attached hydrogen (secondary N) is 2. The van der Waals surface area contributed by atoms with Gasteiger partial charge in [0.05, 0.1) is 24.1 Å². The quantitative estimate of drug-likeness (QED) is 0.789. The predicted octanol–water partition coefficient (Wildman–Crippen LogP) is 2.16. The Bertz CT molecular complexity index is 543. The summed E-state index contributed by atoms with van der Waals surface area (Å²) in [4.78, 5) is 20.9. The van der Waals surface area contributed by atoms with E-state index in [4.69, 9.17) is 4.74 Å². The van der Waals surface area contributed by atoms with Crippen LogP contribution in [-0.4, -0.2) is 67.4 Å². The molecule has 0 aromatic carbocycles. The van der Waals surface area contributed by atoms with E-state index >= 15 is 0 Å². The van der Waals surface area contributed by atoms with E-state index in [1.165, 1.54) is 0 Å². The summed E-state index contributed by atoms with van der Waals surface area (Å²) in [7, 11) is 0. The zero-order valence-electron chi connectivity index (χ0n) is 15.8. The van der Waals surface area contributed by atoms with E-state index in [1.54, 1.807) is 6.20 Å². The molecule has 1 aromatic heterocycles. The minimum atomic E-state index is -0.204. The molecule has 1 aliphatic heterocycles. The molecule has 2 rings (SSSR count). The molecule has 1 saturated heterocycles. The zero-order valence-corrected chi connectivity index (χ0v) is 15.8. The molecule has 2 heterocycles. The molecule has 140 valence electrons. The van der Waals surface area contributed by atoms with Crippen LogP contribution in [-0.2, 0) is 4.74 Å². The summed E-state index contributed by atoms with van der Waals surface area (Å²) in [5.74, 6) is 0.922. The third-order valence-corrected chi connectivity index (χ3v) is 4.31. The monoisotopic (exact) mass is 349 g/mol. The van der Waals surface area contributed by atoms with Gasteiger partial charge >= 0.3 is 6.03 Å². The number of hydrogen-bond acceptors (Lipinski definition) is 5. The number of amides is 2. The molecule has 7 nitrogen and oxygen atoms in total. The van der Waals surface area contributed by atoms with Crippen LogP contribution in [0.4, 0.5) is 16.3 Å². The Morgan fingerprint density at radius 2 is 2.12 bits per heavy atom. The summed E-state index contributed by atoms with van der Waals surface area (Å²) in [6, 6.07) is 3.60. The molecule has 0 unspecified atom stereocenters. The number of rotatable bonds is 7. The van der Waals surface area contributed by atoms with Gasteiger partial charge in [-0.2, -0.15) is 0 Å². The molecule has 1 fully saturated rings. The van der Waals surface area contributed by atoms with Gasteiger partial charge in [-0.05, 0) is 39.8 Å². The van der Waals surface area contributed by atoms with Gasteiger partial charge in [0.2, 0.25) is 0 Å². The molecule has 0 spiro atoms. The van der Waals surface area contributed by atoms with Crippen LogP contribution in [0.5, 0.6) is 0 Å². The van der Waals surface area contributed by atoms with E-state index in [-0.39, 0.29) is 11.6 Å². The lowest BCUT2D eigenvalue weighted by atomic mass is 10.1. The summed E-state index contributed by atoms with van der Waals surface area (Å²) in [6.45, 7) is 14.2. The minimum Gasteiger partial charge on any atom is -0.373 e. The second kappa shape index (κ2) is 9.01. The van der Waals surface area contributed by atoms with E-state index in [2.05, 4.69) is 53.1 Å². The van der Waals surface area contributed by atoms with E-state index in [0.29, 0.717) is 12.2 Å². The van der Waals surface area contributed by atoms with Crippen molar-refractivity contribution in [1.82, 2.24) is 15.2 Å². The molecule has 2 amide bonds. The lowest BCUT2D eigenvalue weighted by molar-refractivity contribution is -0.0852. The normalized spacial score (nSPS) is 17.1. The van der Waals surface area contributed by atoms with Gasteiger partial charge < -0.3 is 20.3 Å².